The quantitative estimate of drug-likeness (QED) is 0.490. The lowest BCUT2D eigenvalue weighted by atomic mass is 9.96. The zero-order valence-electron chi connectivity index (χ0n) is 20.1. The summed E-state index contributed by atoms with van der Waals surface area (Å²) in [5, 5.41) is 13.4. The lowest BCUT2D eigenvalue weighted by Crippen LogP contribution is -2.51. The first-order valence-corrected chi connectivity index (χ1v) is 11.9. The van der Waals surface area contributed by atoms with Gasteiger partial charge in [-0.15, -0.1) is 0 Å². The maximum Gasteiger partial charge on any atom is 0.410 e. The molecule has 2 aliphatic rings. The summed E-state index contributed by atoms with van der Waals surface area (Å²) >= 11 is 0. The fraction of sp³-hybridized carbons (Fsp3) is 0.583. The Kier molecular flexibility index (Phi) is 7.67. The minimum Gasteiger partial charge on any atom is -0.379 e. The van der Waals surface area contributed by atoms with Crippen molar-refractivity contribution in [3.63, 3.8) is 0 Å². The van der Waals surface area contributed by atoms with Gasteiger partial charge < -0.3 is 20.7 Å². The number of aromatic nitrogens is 2. The molecule has 1 saturated heterocycles. The SMILES string of the molecule is CC(C)(CNCCN1CCOCC1)NC(=O)c1cnn2c1NC(c1ccccc1)CC2C(F)(F)F. The van der Waals surface area contributed by atoms with Gasteiger partial charge in [-0.05, 0) is 19.4 Å². The molecule has 2 aromatic rings. The molecule has 0 radical (unpaired) electrons. The van der Waals surface area contributed by atoms with Crippen molar-refractivity contribution in [2.24, 2.45) is 0 Å². The van der Waals surface area contributed by atoms with Crippen molar-refractivity contribution in [1.29, 1.82) is 0 Å². The minimum atomic E-state index is -4.49. The van der Waals surface area contributed by atoms with Gasteiger partial charge in [-0.2, -0.15) is 18.3 Å². The highest BCUT2D eigenvalue weighted by Crippen LogP contribution is 2.44. The topological polar surface area (TPSA) is 83.5 Å². The molecule has 0 spiro atoms. The van der Waals surface area contributed by atoms with E-state index in [1.807, 2.05) is 19.9 Å². The molecule has 4 rings (SSSR count). The van der Waals surface area contributed by atoms with Gasteiger partial charge in [-0.1, -0.05) is 30.3 Å². The number of alkyl halides is 3. The van der Waals surface area contributed by atoms with Gasteiger partial charge in [0.15, 0.2) is 6.04 Å². The fourth-order valence-electron chi connectivity index (χ4n) is 4.51. The highest BCUT2D eigenvalue weighted by molar-refractivity contribution is 5.99. The molecular formula is C24H33F3N6O2. The van der Waals surface area contributed by atoms with Gasteiger partial charge >= 0.3 is 6.18 Å². The molecule has 35 heavy (non-hydrogen) atoms. The normalized spacial score (nSPS) is 21.3. The first kappa shape index (κ1) is 25.5. The lowest BCUT2D eigenvalue weighted by Gasteiger charge is -2.34. The molecule has 2 unspecified atom stereocenters. The molecule has 3 N–H and O–H groups in total. The van der Waals surface area contributed by atoms with Crippen LogP contribution >= 0.6 is 0 Å². The number of ether oxygens (including phenoxy) is 1. The predicted octanol–water partition coefficient (Wildman–Crippen LogP) is 2.97. The monoisotopic (exact) mass is 494 g/mol. The number of morpholine rings is 1. The summed E-state index contributed by atoms with van der Waals surface area (Å²) in [6.45, 7) is 9.21. The van der Waals surface area contributed by atoms with E-state index in [9.17, 15) is 18.0 Å². The van der Waals surface area contributed by atoms with Crippen molar-refractivity contribution >= 4 is 11.7 Å². The molecule has 2 atom stereocenters. The second kappa shape index (κ2) is 10.5. The standard InChI is InChI=1S/C24H33F3N6O2/c1-23(2,16-28-8-9-32-10-12-35-13-11-32)31-22(34)18-15-29-33-20(24(25,26)27)14-19(30-21(18)33)17-6-4-3-5-7-17/h3-7,15,19-20,28,30H,8-14,16H2,1-2H3,(H,31,34). The Morgan fingerprint density at radius 3 is 2.60 bits per heavy atom. The molecule has 1 fully saturated rings. The maximum absolute atomic E-state index is 13.9. The molecule has 3 heterocycles. The van der Waals surface area contributed by atoms with Crippen LogP contribution in [0.3, 0.4) is 0 Å². The number of anilines is 1. The number of fused-ring (bicyclic) bond motifs is 1. The number of carbonyl (C=O) groups is 1. The van der Waals surface area contributed by atoms with Crippen LogP contribution < -0.4 is 16.0 Å². The van der Waals surface area contributed by atoms with Crippen LogP contribution in [-0.4, -0.2) is 78.2 Å². The molecule has 8 nitrogen and oxygen atoms in total. The number of rotatable bonds is 8. The maximum atomic E-state index is 13.9. The van der Waals surface area contributed by atoms with E-state index in [4.69, 9.17) is 4.74 Å². The van der Waals surface area contributed by atoms with Gasteiger partial charge in [0, 0.05) is 44.7 Å². The van der Waals surface area contributed by atoms with Gasteiger partial charge in [0.05, 0.1) is 25.5 Å². The molecular weight excluding hydrogens is 461 g/mol. The van der Waals surface area contributed by atoms with Gasteiger partial charge in [0.25, 0.3) is 5.91 Å². The van der Waals surface area contributed by atoms with Crippen LogP contribution in [0, 0.1) is 0 Å². The zero-order valence-corrected chi connectivity index (χ0v) is 20.1. The number of carbonyl (C=O) groups excluding carboxylic acids is 1. The fourth-order valence-corrected chi connectivity index (χ4v) is 4.51. The third-order valence-electron chi connectivity index (χ3n) is 6.41. The number of halogens is 3. The molecule has 0 bridgehead atoms. The van der Waals surface area contributed by atoms with Crippen LogP contribution in [0.15, 0.2) is 36.5 Å². The second-order valence-electron chi connectivity index (χ2n) is 9.72. The van der Waals surface area contributed by atoms with Crippen molar-refractivity contribution in [3.05, 3.63) is 47.7 Å². The van der Waals surface area contributed by atoms with E-state index in [0.29, 0.717) is 6.54 Å². The number of amides is 1. The molecule has 1 aromatic heterocycles. The number of hydrogen-bond donors (Lipinski definition) is 3. The molecule has 0 saturated carbocycles. The summed E-state index contributed by atoms with van der Waals surface area (Å²) in [5.74, 6) is -0.380. The first-order valence-electron chi connectivity index (χ1n) is 11.9. The van der Waals surface area contributed by atoms with Crippen molar-refractivity contribution in [2.45, 2.75) is 44.1 Å². The van der Waals surface area contributed by atoms with Crippen LogP contribution in [0.25, 0.3) is 0 Å². The van der Waals surface area contributed by atoms with Crippen molar-refractivity contribution in [2.75, 3.05) is 51.3 Å². The van der Waals surface area contributed by atoms with Crippen molar-refractivity contribution in [3.8, 4) is 0 Å². The molecule has 11 heteroatoms. The number of hydrogen-bond acceptors (Lipinski definition) is 6. The van der Waals surface area contributed by atoms with Crippen LogP contribution in [0.5, 0.6) is 0 Å². The van der Waals surface area contributed by atoms with Gasteiger partial charge in [-0.3, -0.25) is 9.69 Å². The van der Waals surface area contributed by atoms with Crippen LogP contribution in [0.2, 0.25) is 0 Å². The van der Waals surface area contributed by atoms with Gasteiger partial charge in [-0.25, -0.2) is 4.68 Å². The summed E-state index contributed by atoms with van der Waals surface area (Å²) in [6.07, 6.45) is -3.49. The van der Waals surface area contributed by atoms with Gasteiger partial charge in [0.1, 0.15) is 11.4 Å². The molecule has 2 aliphatic heterocycles. The average molecular weight is 495 g/mol. The van der Waals surface area contributed by atoms with E-state index < -0.39 is 29.7 Å². The largest absolute Gasteiger partial charge is 0.410 e. The van der Waals surface area contributed by atoms with E-state index in [1.54, 1.807) is 24.3 Å². The summed E-state index contributed by atoms with van der Waals surface area (Å²) in [5.41, 5.74) is 0.208. The number of nitrogens with zero attached hydrogens (tertiary/aromatic N) is 3. The van der Waals surface area contributed by atoms with Gasteiger partial charge in [0.2, 0.25) is 0 Å². The predicted molar refractivity (Wildman–Crippen MR) is 126 cm³/mol. The Bertz CT molecular complexity index is 989. The summed E-state index contributed by atoms with van der Waals surface area (Å²) < 4.78 is 47.9. The smallest absolute Gasteiger partial charge is 0.379 e. The van der Waals surface area contributed by atoms with Crippen LogP contribution in [0.4, 0.5) is 19.0 Å². The van der Waals surface area contributed by atoms with Crippen LogP contribution in [-0.2, 0) is 4.74 Å². The van der Waals surface area contributed by atoms with Crippen molar-refractivity contribution < 1.29 is 22.7 Å². The highest BCUT2D eigenvalue weighted by Gasteiger charge is 2.47. The summed E-state index contributed by atoms with van der Waals surface area (Å²) in [6, 6.07) is 6.54. The van der Waals surface area contributed by atoms with E-state index in [1.165, 1.54) is 6.20 Å². The zero-order chi connectivity index (χ0) is 25.1. The van der Waals surface area contributed by atoms with Crippen LogP contribution in [0.1, 0.15) is 48.3 Å². The number of benzene rings is 1. The number of nitrogens with one attached hydrogen (secondary N) is 3. The Labute approximate surface area is 203 Å². The molecule has 192 valence electrons. The van der Waals surface area contributed by atoms with E-state index in [0.717, 1.165) is 49.6 Å². The second-order valence-corrected chi connectivity index (χ2v) is 9.72. The Balaban J connectivity index is 1.42. The van der Waals surface area contributed by atoms with E-state index in [-0.39, 0.29) is 17.8 Å². The molecule has 1 amide bonds. The minimum absolute atomic E-state index is 0.0843. The van der Waals surface area contributed by atoms with E-state index >= 15 is 0 Å². The Morgan fingerprint density at radius 1 is 1.20 bits per heavy atom. The summed E-state index contributed by atoms with van der Waals surface area (Å²) in [4.78, 5) is 15.4. The summed E-state index contributed by atoms with van der Waals surface area (Å²) in [7, 11) is 0. The third-order valence-corrected chi connectivity index (χ3v) is 6.41. The molecule has 0 aliphatic carbocycles. The van der Waals surface area contributed by atoms with E-state index in [2.05, 4.69) is 25.9 Å². The third kappa shape index (κ3) is 6.33. The highest BCUT2D eigenvalue weighted by atomic mass is 19.4. The Hall–Kier alpha value is -2.63. The first-order chi connectivity index (χ1) is 16.6. The Morgan fingerprint density at radius 2 is 1.91 bits per heavy atom. The lowest BCUT2D eigenvalue weighted by molar-refractivity contribution is -0.173. The van der Waals surface area contributed by atoms with Crippen molar-refractivity contribution in [1.82, 2.24) is 25.3 Å². The average Bonchev–Trinajstić information content (AvgIpc) is 3.26. The molecule has 1 aromatic carbocycles.